The molecule has 1 aliphatic carbocycles. The van der Waals surface area contributed by atoms with Crippen LogP contribution in [0.5, 0.6) is 0 Å². The molecule has 2 nitrogen and oxygen atoms in total. The first-order chi connectivity index (χ1) is 5.29. The lowest BCUT2D eigenvalue weighted by Gasteiger charge is -2.05. The minimum absolute atomic E-state index is 0.225. The largest absolute Gasteiger partial charge is 0.481 e. The van der Waals surface area contributed by atoms with E-state index in [0.717, 1.165) is 12.8 Å². The van der Waals surface area contributed by atoms with Gasteiger partial charge in [-0.05, 0) is 18.8 Å². The molecule has 0 amide bonds. The summed E-state index contributed by atoms with van der Waals surface area (Å²) in [5, 5.41) is 8.50. The molecule has 0 aromatic carbocycles. The van der Waals surface area contributed by atoms with Crippen LogP contribution in [0, 0.1) is 5.92 Å². The Bertz CT molecular complexity index is 192. The zero-order chi connectivity index (χ0) is 8.10. The summed E-state index contributed by atoms with van der Waals surface area (Å²) in [6, 6.07) is 0. The van der Waals surface area contributed by atoms with Gasteiger partial charge in [0.05, 0.1) is 6.42 Å². The number of carboxylic acids is 1. The van der Waals surface area contributed by atoms with Gasteiger partial charge in [-0.25, -0.2) is 0 Å². The van der Waals surface area contributed by atoms with Crippen LogP contribution in [0.1, 0.15) is 19.3 Å². The molecule has 0 saturated carbocycles. The molecule has 0 radical (unpaired) electrons. The minimum Gasteiger partial charge on any atom is -0.481 e. The van der Waals surface area contributed by atoms with E-state index in [1.54, 1.807) is 0 Å². The van der Waals surface area contributed by atoms with Gasteiger partial charge in [-0.15, -0.1) is 0 Å². The van der Waals surface area contributed by atoms with Gasteiger partial charge in [0.1, 0.15) is 0 Å². The highest BCUT2D eigenvalue weighted by atomic mass is 16.4. The number of carbonyl (C=O) groups is 1. The summed E-state index contributed by atoms with van der Waals surface area (Å²) in [7, 11) is 0. The average molecular weight is 152 g/mol. The van der Waals surface area contributed by atoms with Crippen molar-refractivity contribution in [1.29, 1.82) is 0 Å². The second kappa shape index (κ2) is 3.96. The highest BCUT2D eigenvalue weighted by Gasteiger charge is 2.09. The number of allylic oxidation sites excluding steroid dienone is 4. The molecule has 1 N–H and O–H groups in total. The highest BCUT2D eigenvalue weighted by molar-refractivity contribution is 5.67. The Morgan fingerprint density at radius 1 is 1.55 bits per heavy atom. The molecule has 0 saturated heterocycles. The van der Waals surface area contributed by atoms with Crippen molar-refractivity contribution in [3.63, 3.8) is 0 Å². The van der Waals surface area contributed by atoms with E-state index in [9.17, 15) is 4.79 Å². The first kappa shape index (κ1) is 8.05. The predicted molar refractivity (Wildman–Crippen MR) is 43.3 cm³/mol. The van der Waals surface area contributed by atoms with Gasteiger partial charge < -0.3 is 5.11 Å². The van der Waals surface area contributed by atoms with Crippen molar-refractivity contribution in [3.05, 3.63) is 24.3 Å². The van der Waals surface area contributed by atoms with Gasteiger partial charge in [0.2, 0.25) is 0 Å². The van der Waals surface area contributed by atoms with E-state index in [1.807, 2.05) is 18.2 Å². The Hall–Kier alpha value is -1.05. The molecule has 0 spiro atoms. The number of rotatable bonds is 2. The molecule has 0 fully saturated rings. The van der Waals surface area contributed by atoms with Crippen LogP contribution in [-0.4, -0.2) is 11.1 Å². The number of aliphatic carboxylic acids is 1. The molecule has 0 aromatic heterocycles. The standard InChI is InChI=1S/C9H12O2/c10-9(11)7-8-5-3-1-2-4-6-8/h1-3,5,8H,4,6-7H2,(H,10,11)/t8-/m0/s1. The van der Waals surface area contributed by atoms with E-state index in [4.69, 9.17) is 5.11 Å². The van der Waals surface area contributed by atoms with Crippen LogP contribution < -0.4 is 0 Å². The molecular formula is C9H12O2. The van der Waals surface area contributed by atoms with Crippen molar-refractivity contribution in [2.75, 3.05) is 0 Å². The molecule has 0 heterocycles. The maximum atomic E-state index is 10.3. The third kappa shape index (κ3) is 3.03. The van der Waals surface area contributed by atoms with E-state index in [2.05, 4.69) is 6.08 Å². The first-order valence-electron chi connectivity index (χ1n) is 3.84. The van der Waals surface area contributed by atoms with E-state index in [1.165, 1.54) is 0 Å². The second-order valence-electron chi connectivity index (χ2n) is 2.75. The van der Waals surface area contributed by atoms with Crippen LogP contribution in [0.15, 0.2) is 24.3 Å². The third-order valence-corrected chi connectivity index (χ3v) is 1.77. The Labute approximate surface area is 66.2 Å². The fraction of sp³-hybridized carbons (Fsp3) is 0.444. The minimum atomic E-state index is -0.707. The van der Waals surface area contributed by atoms with Crippen LogP contribution in [0.3, 0.4) is 0 Å². The topological polar surface area (TPSA) is 37.3 Å². The lowest BCUT2D eigenvalue weighted by Crippen LogP contribution is -2.04. The van der Waals surface area contributed by atoms with Crippen molar-refractivity contribution < 1.29 is 9.90 Å². The summed E-state index contributed by atoms with van der Waals surface area (Å²) in [4.78, 5) is 10.3. The van der Waals surface area contributed by atoms with Crippen molar-refractivity contribution >= 4 is 5.97 Å². The monoisotopic (exact) mass is 152 g/mol. The molecule has 1 atom stereocenters. The van der Waals surface area contributed by atoms with E-state index in [0.29, 0.717) is 0 Å². The molecule has 1 aliphatic rings. The van der Waals surface area contributed by atoms with Crippen molar-refractivity contribution in [2.45, 2.75) is 19.3 Å². The average Bonchev–Trinajstić information content (AvgIpc) is 2.14. The lowest BCUT2D eigenvalue weighted by atomic mass is 10.0. The summed E-state index contributed by atoms with van der Waals surface area (Å²) < 4.78 is 0. The van der Waals surface area contributed by atoms with Crippen LogP contribution >= 0.6 is 0 Å². The van der Waals surface area contributed by atoms with E-state index < -0.39 is 5.97 Å². The smallest absolute Gasteiger partial charge is 0.303 e. The quantitative estimate of drug-likeness (QED) is 0.657. The zero-order valence-corrected chi connectivity index (χ0v) is 6.36. The molecule has 11 heavy (non-hydrogen) atoms. The Balaban J connectivity index is 2.41. The fourth-order valence-corrected chi connectivity index (χ4v) is 1.20. The van der Waals surface area contributed by atoms with E-state index in [-0.39, 0.29) is 12.3 Å². The molecule has 2 heteroatoms. The maximum Gasteiger partial charge on any atom is 0.303 e. The zero-order valence-electron chi connectivity index (χ0n) is 6.36. The van der Waals surface area contributed by atoms with Crippen LogP contribution in [0.25, 0.3) is 0 Å². The number of hydrogen-bond acceptors (Lipinski definition) is 1. The van der Waals surface area contributed by atoms with Crippen molar-refractivity contribution in [1.82, 2.24) is 0 Å². The summed E-state index contributed by atoms with van der Waals surface area (Å²) in [6.45, 7) is 0. The summed E-state index contributed by atoms with van der Waals surface area (Å²) in [5.41, 5.74) is 0. The van der Waals surface area contributed by atoms with Crippen molar-refractivity contribution in [3.8, 4) is 0 Å². The van der Waals surface area contributed by atoms with Gasteiger partial charge in [0.15, 0.2) is 0 Å². The van der Waals surface area contributed by atoms with Gasteiger partial charge >= 0.3 is 5.97 Å². The van der Waals surface area contributed by atoms with Crippen LogP contribution in [-0.2, 0) is 4.79 Å². The van der Waals surface area contributed by atoms with Gasteiger partial charge in [-0.1, -0.05) is 24.3 Å². The van der Waals surface area contributed by atoms with Gasteiger partial charge in [0.25, 0.3) is 0 Å². The number of hydrogen-bond donors (Lipinski definition) is 1. The normalized spacial score (nSPS) is 23.1. The van der Waals surface area contributed by atoms with Crippen molar-refractivity contribution in [2.24, 2.45) is 5.92 Å². The summed E-state index contributed by atoms with van der Waals surface area (Å²) in [5.74, 6) is -0.482. The van der Waals surface area contributed by atoms with Crippen LogP contribution in [0.4, 0.5) is 0 Å². The molecule has 0 unspecified atom stereocenters. The summed E-state index contributed by atoms with van der Waals surface area (Å²) in [6.07, 6.45) is 10.2. The summed E-state index contributed by atoms with van der Waals surface area (Å²) >= 11 is 0. The molecular weight excluding hydrogens is 140 g/mol. The molecule has 1 rings (SSSR count). The van der Waals surface area contributed by atoms with Gasteiger partial charge in [-0.2, -0.15) is 0 Å². The molecule has 0 aromatic rings. The molecule has 60 valence electrons. The van der Waals surface area contributed by atoms with Gasteiger partial charge in [-0.3, -0.25) is 4.79 Å². The van der Waals surface area contributed by atoms with Gasteiger partial charge in [0, 0.05) is 0 Å². The van der Waals surface area contributed by atoms with E-state index >= 15 is 0 Å². The highest BCUT2D eigenvalue weighted by Crippen LogP contribution is 2.15. The third-order valence-electron chi connectivity index (χ3n) is 1.77. The Kier molecular flexibility index (Phi) is 2.90. The SMILES string of the molecule is O=C(O)C[C@H]1C=CC=CCC1. The van der Waals surface area contributed by atoms with Crippen LogP contribution in [0.2, 0.25) is 0 Å². The molecule has 0 aliphatic heterocycles. The predicted octanol–water partition coefficient (Wildman–Crippen LogP) is 1.98. The Morgan fingerprint density at radius 2 is 2.36 bits per heavy atom. The molecule has 0 bridgehead atoms. The fourth-order valence-electron chi connectivity index (χ4n) is 1.20. The maximum absolute atomic E-state index is 10.3. The second-order valence-corrected chi connectivity index (χ2v) is 2.75. The Morgan fingerprint density at radius 3 is 3.09 bits per heavy atom. The lowest BCUT2D eigenvalue weighted by molar-refractivity contribution is -0.137. The number of carboxylic acid groups (broad SMARTS) is 1. The first-order valence-corrected chi connectivity index (χ1v) is 3.84.